The van der Waals surface area contributed by atoms with E-state index in [1.54, 1.807) is 0 Å². The summed E-state index contributed by atoms with van der Waals surface area (Å²) in [5.41, 5.74) is 0.277. The normalized spacial score (nSPS) is 11.4. The second-order valence-electron chi connectivity index (χ2n) is 2.39. The van der Waals surface area contributed by atoms with Crippen molar-refractivity contribution >= 4 is 18.5 Å². The zero-order chi connectivity index (χ0) is 10.4. The van der Waals surface area contributed by atoms with E-state index in [2.05, 4.69) is 9.72 Å². The van der Waals surface area contributed by atoms with Crippen LogP contribution in [0.1, 0.15) is 10.4 Å². The van der Waals surface area contributed by atoms with Crippen molar-refractivity contribution in [2.75, 3.05) is 0 Å². The van der Waals surface area contributed by atoms with E-state index in [0.29, 0.717) is 0 Å². The molecule has 0 bridgehead atoms. The van der Waals surface area contributed by atoms with Gasteiger partial charge in [-0.1, -0.05) is 0 Å². The Labute approximate surface area is 79.7 Å². The number of aldehydes is 1. The molecule has 1 atom stereocenters. The molecule has 0 saturated carbocycles. The lowest BCUT2D eigenvalue weighted by atomic mass is 10.1. The van der Waals surface area contributed by atoms with Gasteiger partial charge in [-0.15, -0.1) is 0 Å². The maximum absolute atomic E-state index is 11.4. The quantitative estimate of drug-likeness (QED) is 0.374. The molecule has 1 aromatic rings. The molecule has 1 aromatic heterocycles. The number of rotatable bonds is 5. The Hall–Kier alpha value is -2.04. The van der Waals surface area contributed by atoms with Crippen molar-refractivity contribution in [3.63, 3.8) is 0 Å². The summed E-state index contributed by atoms with van der Waals surface area (Å²) in [7, 11) is 0. The van der Waals surface area contributed by atoms with Crippen LogP contribution in [0.4, 0.5) is 0 Å². The molecule has 0 fully saturated rings. The third-order valence-electron chi connectivity index (χ3n) is 1.55. The molecule has 0 radical (unpaired) electrons. The molecule has 5 nitrogen and oxygen atoms in total. The third kappa shape index (κ3) is 2.22. The first kappa shape index (κ1) is 10.0. The zero-order valence-corrected chi connectivity index (χ0v) is 7.12. The van der Waals surface area contributed by atoms with Crippen molar-refractivity contribution in [1.29, 1.82) is 0 Å². The van der Waals surface area contributed by atoms with Crippen molar-refractivity contribution in [1.82, 2.24) is 4.98 Å². The first-order chi connectivity index (χ1) is 6.79. The number of hydrogen-bond acceptors (Lipinski definition) is 5. The summed E-state index contributed by atoms with van der Waals surface area (Å²) in [4.78, 5) is 35.5. The summed E-state index contributed by atoms with van der Waals surface area (Å²) < 4.78 is 4.29. The zero-order valence-electron chi connectivity index (χ0n) is 7.12. The average molecular weight is 193 g/mol. The molecule has 0 saturated heterocycles. The van der Waals surface area contributed by atoms with Crippen molar-refractivity contribution in [3.8, 4) is 0 Å². The smallest absolute Gasteiger partial charge is 0.294 e. The SMILES string of the molecule is O=COC(C=O)C(=O)c1ccncc1. The standard InChI is InChI=1S/C9H7NO4/c11-5-8(14-6-12)9(13)7-1-3-10-4-2-7/h1-6,8H. The molecule has 0 N–H and O–H groups in total. The maximum Gasteiger partial charge on any atom is 0.294 e. The third-order valence-corrected chi connectivity index (χ3v) is 1.55. The van der Waals surface area contributed by atoms with E-state index in [1.165, 1.54) is 24.5 Å². The van der Waals surface area contributed by atoms with Crippen LogP contribution in [0.3, 0.4) is 0 Å². The molecule has 0 spiro atoms. The van der Waals surface area contributed by atoms with Crippen molar-refractivity contribution in [2.45, 2.75) is 6.10 Å². The molecule has 1 heterocycles. The molecule has 0 aliphatic heterocycles. The van der Waals surface area contributed by atoms with E-state index in [1.807, 2.05) is 0 Å². The van der Waals surface area contributed by atoms with Gasteiger partial charge in [0.2, 0.25) is 11.9 Å². The number of ketones is 1. The van der Waals surface area contributed by atoms with Gasteiger partial charge in [-0.3, -0.25) is 19.4 Å². The van der Waals surface area contributed by atoms with Gasteiger partial charge >= 0.3 is 0 Å². The summed E-state index contributed by atoms with van der Waals surface area (Å²) in [5.74, 6) is -0.561. The first-order valence-electron chi connectivity index (χ1n) is 3.78. The van der Waals surface area contributed by atoms with Gasteiger partial charge in [0.15, 0.2) is 6.29 Å². The molecule has 0 aromatic carbocycles. The predicted octanol–water partition coefficient (Wildman–Crippen LogP) is 0.00480. The first-order valence-corrected chi connectivity index (χ1v) is 3.78. The van der Waals surface area contributed by atoms with Crippen molar-refractivity contribution in [2.24, 2.45) is 0 Å². The van der Waals surface area contributed by atoms with Gasteiger partial charge in [0.25, 0.3) is 6.47 Å². The van der Waals surface area contributed by atoms with Gasteiger partial charge < -0.3 is 4.74 Å². The summed E-state index contributed by atoms with van der Waals surface area (Å²) in [6.45, 7) is 0.0676. The fourth-order valence-corrected chi connectivity index (χ4v) is 0.896. The second-order valence-corrected chi connectivity index (χ2v) is 2.39. The van der Waals surface area contributed by atoms with Crippen LogP contribution >= 0.6 is 0 Å². The summed E-state index contributed by atoms with van der Waals surface area (Å²) in [5, 5.41) is 0. The molecule has 72 valence electrons. The molecular formula is C9H7NO4. The highest BCUT2D eigenvalue weighted by Crippen LogP contribution is 2.02. The fraction of sp³-hybridized carbons (Fsp3) is 0.111. The van der Waals surface area contributed by atoms with E-state index in [-0.39, 0.29) is 18.3 Å². The van der Waals surface area contributed by atoms with E-state index >= 15 is 0 Å². The van der Waals surface area contributed by atoms with Crippen LogP contribution < -0.4 is 0 Å². The molecule has 1 rings (SSSR count). The Kier molecular flexibility index (Phi) is 3.49. The van der Waals surface area contributed by atoms with E-state index in [9.17, 15) is 14.4 Å². The summed E-state index contributed by atoms with van der Waals surface area (Å²) in [6, 6.07) is 2.87. The lowest BCUT2D eigenvalue weighted by molar-refractivity contribution is -0.136. The minimum absolute atomic E-state index is 0.0676. The topological polar surface area (TPSA) is 73.3 Å². The van der Waals surface area contributed by atoms with Crippen LogP contribution in [0, 0.1) is 0 Å². The number of aromatic nitrogens is 1. The minimum Gasteiger partial charge on any atom is -0.448 e. The number of carbonyl (C=O) groups is 3. The summed E-state index contributed by atoms with van der Waals surface area (Å²) in [6.07, 6.45) is 1.73. The Morgan fingerprint density at radius 2 is 2.00 bits per heavy atom. The second kappa shape index (κ2) is 4.86. The molecule has 14 heavy (non-hydrogen) atoms. The Morgan fingerprint density at radius 3 is 2.50 bits per heavy atom. The highest BCUT2D eigenvalue weighted by atomic mass is 16.5. The van der Waals surface area contributed by atoms with Crippen molar-refractivity contribution in [3.05, 3.63) is 30.1 Å². The highest BCUT2D eigenvalue weighted by Gasteiger charge is 2.19. The molecule has 0 aliphatic carbocycles. The maximum atomic E-state index is 11.4. The lowest BCUT2D eigenvalue weighted by Crippen LogP contribution is -2.25. The predicted molar refractivity (Wildman–Crippen MR) is 45.6 cm³/mol. The van der Waals surface area contributed by atoms with Gasteiger partial charge in [-0.2, -0.15) is 0 Å². The van der Waals surface area contributed by atoms with Crippen LogP contribution in [0.15, 0.2) is 24.5 Å². The Morgan fingerprint density at radius 1 is 1.36 bits per heavy atom. The molecule has 5 heteroatoms. The number of nitrogens with zero attached hydrogens (tertiary/aromatic N) is 1. The minimum atomic E-state index is -1.37. The monoisotopic (exact) mass is 193 g/mol. The number of Topliss-reactive ketones (excluding diaryl/α,β-unsaturated/α-hetero) is 1. The number of hydrogen-bond donors (Lipinski definition) is 0. The lowest BCUT2D eigenvalue weighted by Gasteiger charge is -2.05. The number of pyridine rings is 1. The molecule has 0 aliphatic rings. The Bertz CT molecular complexity index is 336. The van der Waals surface area contributed by atoms with Crippen LogP contribution in [0.5, 0.6) is 0 Å². The van der Waals surface area contributed by atoms with Gasteiger partial charge in [0.1, 0.15) is 0 Å². The largest absolute Gasteiger partial charge is 0.448 e. The molecular weight excluding hydrogens is 186 g/mol. The van der Waals surface area contributed by atoms with Gasteiger partial charge in [-0.25, -0.2) is 0 Å². The number of carbonyl (C=O) groups excluding carboxylic acids is 3. The fourth-order valence-electron chi connectivity index (χ4n) is 0.896. The van der Waals surface area contributed by atoms with E-state index < -0.39 is 11.9 Å². The van der Waals surface area contributed by atoms with Crippen LogP contribution in [0.2, 0.25) is 0 Å². The van der Waals surface area contributed by atoms with Gasteiger partial charge in [0.05, 0.1) is 0 Å². The Balaban J connectivity index is 2.83. The van der Waals surface area contributed by atoms with Gasteiger partial charge in [-0.05, 0) is 12.1 Å². The summed E-state index contributed by atoms with van der Waals surface area (Å²) >= 11 is 0. The number of ether oxygens (including phenoxy) is 1. The van der Waals surface area contributed by atoms with Crippen LogP contribution in [-0.4, -0.2) is 29.6 Å². The molecule has 0 amide bonds. The van der Waals surface area contributed by atoms with Crippen LogP contribution in [-0.2, 0) is 14.3 Å². The highest BCUT2D eigenvalue weighted by molar-refractivity contribution is 6.07. The molecule has 1 unspecified atom stereocenters. The van der Waals surface area contributed by atoms with E-state index in [4.69, 9.17) is 0 Å². The van der Waals surface area contributed by atoms with Gasteiger partial charge in [0, 0.05) is 18.0 Å². The van der Waals surface area contributed by atoms with E-state index in [0.717, 1.165) is 0 Å². The van der Waals surface area contributed by atoms with Crippen molar-refractivity contribution < 1.29 is 19.1 Å². The van der Waals surface area contributed by atoms with Crippen LogP contribution in [0.25, 0.3) is 0 Å². The average Bonchev–Trinajstić information content (AvgIpc) is 2.26.